The molecule has 0 unspecified atom stereocenters. The number of pyridine rings is 1. The molecular formula is C22H31N5O4. The number of hydrogen-bond acceptors (Lipinski definition) is 5. The first-order chi connectivity index (χ1) is 14.8. The highest BCUT2D eigenvalue weighted by atomic mass is 16.2. The molecule has 1 aliphatic rings. The Morgan fingerprint density at radius 2 is 1.84 bits per heavy atom. The van der Waals surface area contributed by atoms with Crippen LogP contribution in [0.1, 0.15) is 74.8 Å². The van der Waals surface area contributed by atoms with Crippen LogP contribution in [0.4, 0.5) is 0 Å². The number of H-pyrrole nitrogens is 1. The summed E-state index contributed by atoms with van der Waals surface area (Å²) in [5.74, 6) is -0.424. The van der Waals surface area contributed by atoms with Gasteiger partial charge in [0.15, 0.2) is 5.65 Å². The van der Waals surface area contributed by atoms with E-state index in [2.05, 4.69) is 15.3 Å². The van der Waals surface area contributed by atoms with Crippen LogP contribution in [-0.4, -0.2) is 50.9 Å². The lowest BCUT2D eigenvalue weighted by Crippen LogP contribution is -2.36. The number of likely N-dealkylation sites (tertiary alicyclic amines) is 1. The number of hydrogen-bond donors (Lipinski definition) is 2. The van der Waals surface area contributed by atoms with Crippen LogP contribution in [-0.2, 0) is 11.3 Å². The molecule has 9 nitrogen and oxygen atoms in total. The lowest BCUT2D eigenvalue weighted by molar-refractivity contribution is -0.131. The Bertz CT molecular complexity index is 1080. The summed E-state index contributed by atoms with van der Waals surface area (Å²) in [5.41, 5.74) is -0.209. The normalized spacial score (nSPS) is 14.6. The third-order valence-electron chi connectivity index (χ3n) is 5.70. The lowest BCUT2D eigenvalue weighted by atomic mass is 10.0. The first-order valence-corrected chi connectivity index (χ1v) is 11.1. The molecule has 0 saturated carbocycles. The van der Waals surface area contributed by atoms with Crippen molar-refractivity contribution in [3.05, 3.63) is 38.2 Å². The van der Waals surface area contributed by atoms with E-state index in [1.54, 1.807) is 13.0 Å². The molecule has 0 spiro atoms. The summed E-state index contributed by atoms with van der Waals surface area (Å²) in [7, 11) is 0. The van der Waals surface area contributed by atoms with Crippen LogP contribution in [0.25, 0.3) is 11.0 Å². The predicted octanol–water partition coefficient (Wildman–Crippen LogP) is 1.75. The van der Waals surface area contributed by atoms with Crippen LogP contribution >= 0.6 is 0 Å². The van der Waals surface area contributed by atoms with Crippen LogP contribution in [0.15, 0.2) is 15.7 Å². The van der Waals surface area contributed by atoms with Crippen LogP contribution in [0.3, 0.4) is 0 Å². The second-order valence-electron chi connectivity index (χ2n) is 8.25. The minimum Gasteiger partial charge on any atom is -0.351 e. The minimum atomic E-state index is -0.640. The molecule has 1 aliphatic heterocycles. The summed E-state index contributed by atoms with van der Waals surface area (Å²) in [6, 6.07) is 1.60. The molecule has 31 heavy (non-hydrogen) atoms. The quantitative estimate of drug-likeness (QED) is 0.725. The standard InChI is InChI=1S/C22H31N5O4/c1-4-27-19-18(21(30)25-22(27)31)15(13-16(24-19)14(2)3)20(29)23-10-9-17(28)26-11-7-5-6-8-12-26/h13-14H,4-12H2,1-3H3,(H,23,29)(H,25,30,31). The Kier molecular flexibility index (Phi) is 7.25. The highest BCUT2D eigenvalue weighted by Gasteiger charge is 2.21. The Hall–Kier alpha value is -2.97. The van der Waals surface area contributed by atoms with E-state index in [1.165, 1.54) is 4.57 Å². The summed E-state index contributed by atoms with van der Waals surface area (Å²) in [6.45, 7) is 7.66. The van der Waals surface area contributed by atoms with Crippen molar-refractivity contribution in [1.82, 2.24) is 24.8 Å². The molecule has 168 valence electrons. The van der Waals surface area contributed by atoms with Gasteiger partial charge in [-0.1, -0.05) is 26.7 Å². The Morgan fingerprint density at radius 3 is 2.45 bits per heavy atom. The Labute approximate surface area is 180 Å². The van der Waals surface area contributed by atoms with E-state index in [0.29, 0.717) is 12.2 Å². The van der Waals surface area contributed by atoms with E-state index in [4.69, 9.17) is 0 Å². The number of aromatic nitrogens is 3. The zero-order valence-electron chi connectivity index (χ0n) is 18.5. The van der Waals surface area contributed by atoms with Gasteiger partial charge >= 0.3 is 5.69 Å². The topological polar surface area (TPSA) is 117 Å². The van der Waals surface area contributed by atoms with E-state index >= 15 is 0 Å². The maximum absolute atomic E-state index is 13.0. The van der Waals surface area contributed by atoms with Gasteiger partial charge in [0.2, 0.25) is 5.91 Å². The zero-order valence-corrected chi connectivity index (χ0v) is 18.5. The smallest absolute Gasteiger partial charge is 0.329 e. The van der Waals surface area contributed by atoms with Crippen LogP contribution in [0.5, 0.6) is 0 Å². The summed E-state index contributed by atoms with van der Waals surface area (Å²) < 4.78 is 1.35. The Balaban J connectivity index is 1.85. The van der Waals surface area contributed by atoms with Gasteiger partial charge in [-0.15, -0.1) is 0 Å². The van der Waals surface area contributed by atoms with E-state index in [9.17, 15) is 19.2 Å². The predicted molar refractivity (Wildman–Crippen MR) is 118 cm³/mol. The molecule has 0 bridgehead atoms. The van der Waals surface area contributed by atoms with Crippen molar-refractivity contribution >= 4 is 22.8 Å². The fourth-order valence-corrected chi connectivity index (χ4v) is 3.92. The average molecular weight is 430 g/mol. The van der Waals surface area contributed by atoms with Gasteiger partial charge in [0.25, 0.3) is 11.5 Å². The van der Waals surface area contributed by atoms with Gasteiger partial charge in [0.05, 0.1) is 10.9 Å². The van der Waals surface area contributed by atoms with Crippen molar-refractivity contribution < 1.29 is 9.59 Å². The van der Waals surface area contributed by atoms with Gasteiger partial charge in [-0.2, -0.15) is 0 Å². The molecule has 2 N–H and O–H groups in total. The van der Waals surface area contributed by atoms with Crippen molar-refractivity contribution in [1.29, 1.82) is 0 Å². The molecular weight excluding hydrogens is 398 g/mol. The molecule has 9 heteroatoms. The third kappa shape index (κ3) is 5.03. The summed E-state index contributed by atoms with van der Waals surface area (Å²) in [6.07, 6.45) is 4.53. The molecule has 0 aromatic carbocycles. The van der Waals surface area contributed by atoms with Gasteiger partial charge < -0.3 is 10.2 Å². The zero-order chi connectivity index (χ0) is 22.5. The van der Waals surface area contributed by atoms with Gasteiger partial charge in [-0.3, -0.25) is 23.9 Å². The van der Waals surface area contributed by atoms with Crippen molar-refractivity contribution in [2.75, 3.05) is 19.6 Å². The number of rotatable bonds is 6. The second kappa shape index (κ2) is 9.89. The number of nitrogens with zero attached hydrogens (tertiary/aromatic N) is 3. The van der Waals surface area contributed by atoms with E-state index in [-0.39, 0.29) is 41.4 Å². The molecule has 1 fully saturated rings. The number of aromatic amines is 1. The average Bonchev–Trinajstić information content (AvgIpc) is 3.02. The number of aryl methyl sites for hydroxylation is 1. The van der Waals surface area contributed by atoms with Crippen LogP contribution in [0.2, 0.25) is 0 Å². The fourth-order valence-electron chi connectivity index (χ4n) is 3.92. The summed E-state index contributed by atoms with van der Waals surface area (Å²) in [5, 5.41) is 2.85. The van der Waals surface area contributed by atoms with Gasteiger partial charge in [0, 0.05) is 38.3 Å². The minimum absolute atomic E-state index is 0.000241. The first-order valence-electron chi connectivity index (χ1n) is 11.1. The van der Waals surface area contributed by atoms with E-state index < -0.39 is 17.2 Å². The number of carbonyl (C=O) groups is 2. The van der Waals surface area contributed by atoms with Crippen molar-refractivity contribution in [3.8, 4) is 0 Å². The van der Waals surface area contributed by atoms with Crippen molar-refractivity contribution in [2.45, 2.75) is 65.3 Å². The largest absolute Gasteiger partial charge is 0.351 e. The molecule has 0 radical (unpaired) electrons. The SMILES string of the molecule is CCn1c(=O)[nH]c(=O)c2c(C(=O)NCCC(=O)N3CCCCCC3)cc(C(C)C)nc21. The van der Waals surface area contributed by atoms with Crippen LogP contribution < -0.4 is 16.6 Å². The maximum atomic E-state index is 13.0. The number of carbonyl (C=O) groups excluding carboxylic acids is 2. The summed E-state index contributed by atoms with van der Waals surface area (Å²) >= 11 is 0. The van der Waals surface area contributed by atoms with Crippen LogP contribution in [0, 0.1) is 0 Å². The molecule has 2 aromatic rings. The summed E-state index contributed by atoms with van der Waals surface area (Å²) in [4.78, 5) is 58.8. The highest BCUT2D eigenvalue weighted by Crippen LogP contribution is 2.19. The number of amides is 2. The number of nitrogens with one attached hydrogen (secondary N) is 2. The first kappa shape index (κ1) is 22.7. The maximum Gasteiger partial charge on any atom is 0.329 e. The van der Waals surface area contributed by atoms with Gasteiger partial charge in [-0.05, 0) is 31.7 Å². The lowest BCUT2D eigenvalue weighted by Gasteiger charge is -2.20. The molecule has 2 aromatic heterocycles. The molecule has 0 aliphatic carbocycles. The highest BCUT2D eigenvalue weighted by molar-refractivity contribution is 6.05. The molecule has 3 heterocycles. The second-order valence-corrected chi connectivity index (χ2v) is 8.25. The van der Waals surface area contributed by atoms with E-state index in [1.807, 2.05) is 18.7 Å². The van der Waals surface area contributed by atoms with Gasteiger partial charge in [0.1, 0.15) is 0 Å². The van der Waals surface area contributed by atoms with E-state index in [0.717, 1.165) is 38.8 Å². The molecule has 3 rings (SSSR count). The Morgan fingerprint density at radius 1 is 1.16 bits per heavy atom. The molecule has 1 saturated heterocycles. The number of fused-ring (bicyclic) bond motifs is 1. The molecule has 2 amide bonds. The molecule has 0 atom stereocenters. The van der Waals surface area contributed by atoms with Crippen molar-refractivity contribution in [2.24, 2.45) is 0 Å². The fraction of sp³-hybridized carbons (Fsp3) is 0.591. The third-order valence-corrected chi connectivity index (χ3v) is 5.70. The van der Waals surface area contributed by atoms with Gasteiger partial charge in [-0.25, -0.2) is 9.78 Å². The van der Waals surface area contributed by atoms with Crippen molar-refractivity contribution in [3.63, 3.8) is 0 Å². The monoisotopic (exact) mass is 429 g/mol.